The molecular formula is C30H35F4N7O. The molecule has 1 aromatic carbocycles. The van der Waals surface area contributed by atoms with Crippen LogP contribution in [0.25, 0.3) is 16.3 Å². The molecule has 3 unspecified atom stereocenters. The Morgan fingerprint density at radius 1 is 1.19 bits per heavy atom. The number of anilines is 2. The van der Waals surface area contributed by atoms with E-state index in [1.807, 2.05) is 18.9 Å². The lowest BCUT2D eigenvalue weighted by Gasteiger charge is -2.33. The van der Waals surface area contributed by atoms with E-state index in [1.54, 1.807) is 24.3 Å². The number of hydrogen-bond donors (Lipinski definition) is 3. The van der Waals surface area contributed by atoms with Crippen LogP contribution in [0.15, 0.2) is 49.6 Å². The minimum atomic E-state index is -4.67. The highest BCUT2D eigenvalue weighted by atomic mass is 19.4. The van der Waals surface area contributed by atoms with E-state index in [1.165, 1.54) is 18.7 Å². The third-order valence-corrected chi connectivity index (χ3v) is 8.24. The number of piperidine rings is 1. The number of nitrogens with one attached hydrogen (secondary N) is 3. The minimum Gasteiger partial charge on any atom is -0.379 e. The van der Waals surface area contributed by atoms with E-state index in [0.717, 1.165) is 12.8 Å². The number of halogens is 4. The number of allylic oxidation sites excluding steroid dienone is 1. The van der Waals surface area contributed by atoms with Gasteiger partial charge < -0.3 is 20.9 Å². The molecule has 4 atom stereocenters. The van der Waals surface area contributed by atoms with Crippen LogP contribution in [0, 0.1) is 5.92 Å². The maximum Gasteiger partial charge on any atom is 0.417 e. The summed E-state index contributed by atoms with van der Waals surface area (Å²) in [6, 6.07) is 6.22. The Bertz CT molecular complexity index is 1450. The van der Waals surface area contributed by atoms with E-state index < -0.39 is 29.5 Å². The molecule has 5 rings (SSSR count). The zero-order valence-electron chi connectivity index (χ0n) is 23.6. The molecule has 8 nitrogen and oxygen atoms in total. The fraction of sp³-hybridized carbons (Fsp3) is 0.467. The summed E-state index contributed by atoms with van der Waals surface area (Å²) in [6.07, 6.45) is 1.29. The Balaban J connectivity index is 1.36. The molecule has 224 valence electrons. The van der Waals surface area contributed by atoms with Crippen molar-refractivity contribution < 1.29 is 22.4 Å². The third kappa shape index (κ3) is 6.64. The second-order valence-corrected chi connectivity index (χ2v) is 11.7. The molecular weight excluding hydrogens is 550 g/mol. The summed E-state index contributed by atoms with van der Waals surface area (Å²) in [7, 11) is 1.86. The van der Waals surface area contributed by atoms with Crippen molar-refractivity contribution in [1.82, 2.24) is 25.2 Å². The van der Waals surface area contributed by atoms with Gasteiger partial charge >= 0.3 is 6.18 Å². The molecule has 2 aromatic heterocycles. The number of likely N-dealkylation sites (tertiary alicyclic amines) is 1. The number of carbonyl (C=O) groups is 1. The van der Waals surface area contributed by atoms with Gasteiger partial charge in [0, 0.05) is 54.0 Å². The highest BCUT2D eigenvalue weighted by molar-refractivity contribution is 6.01. The molecule has 1 saturated carbocycles. The first-order chi connectivity index (χ1) is 19.9. The predicted molar refractivity (Wildman–Crippen MR) is 155 cm³/mol. The van der Waals surface area contributed by atoms with Crippen molar-refractivity contribution in [1.29, 1.82) is 0 Å². The van der Waals surface area contributed by atoms with Gasteiger partial charge in [-0.2, -0.15) is 13.2 Å². The van der Waals surface area contributed by atoms with Crippen LogP contribution in [-0.4, -0.2) is 76.4 Å². The van der Waals surface area contributed by atoms with Gasteiger partial charge in [-0.15, -0.1) is 0 Å². The zero-order chi connectivity index (χ0) is 30.1. The van der Waals surface area contributed by atoms with Crippen LogP contribution in [0.3, 0.4) is 0 Å². The summed E-state index contributed by atoms with van der Waals surface area (Å²) in [5, 5.41) is 10.4. The number of fused-ring (bicyclic) bond motifs is 1. The van der Waals surface area contributed by atoms with E-state index in [9.17, 15) is 22.4 Å². The summed E-state index contributed by atoms with van der Waals surface area (Å²) in [4.78, 5) is 26.7. The Morgan fingerprint density at radius 2 is 1.95 bits per heavy atom. The largest absolute Gasteiger partial charge is 0.417 e. The number of benzene rings is 1. The van der Waals surface area contributed by atoms with E-state index >= 15 is 0 Å². The van der Waals surface area contributed by atoms with Gasteiger partial charge in [0.15, 0.2) is 0 Å². The topological polar surface area (TPSA) is 95.1 Å². The Kier molecular flexibility index (Phi) is 8.36. The van der Waals surface area contributed by atoms with Crippen molar-refractivity contribution in [3.63, 3.8) is 0 Å². The molecule has 2 fully saturated rings. The van der Waals surface area contributed by atoms with Crippen LogP contribution in [0.5, 0.6) is 0 Å². The van der Waals surface area contributed by atoms with Crippen molar-refractivity contribution in [3.05, 3.63) is 60.8 Å². The monoisotopic (exact) mass is 585 g/mol. The van der Waals surface area contributed by atoms with Crippen LogP contribution in [0.4, 0.5) is 29.1 Å². The predicted octanol–water partition coefficient (Wildman–Crippen LogP) is 5.46. The fourth-order valence-electron chi connectivity index (χ4n) is 5.94. The van der Waals surface area contributed by atoms with Gasteiger partial charge in [0.1, 0.15) is 18.3 Å². The van der Waals surface area contributed by atoms with E-state index in [-0.39, 0.29) is 35.3 Å². The number of aromatic nitrogens is 3. The van der Waals surface area contributed by atoms with E-state index in [0.29, 0.717) is 42.6 Å². The van der Waals surface area contributed by atoms with E-state index in [2.05, 4.69) is 37.5 Å². The fourth-order valence-corrected chi connectivity index (χ4v) is 5.94. The maximum absolute atomic E-state index is 14.8. The van der Waals surface area contributed by atoms with Crippen molar-refractivity contribution in [2.75, 3.05) is 37.3 Å². The van der Waals surface area contributed by atoms with Crippen LogP contribution < -0.4 is 16.0 Å². The minimum absolute atomic E-state index is 0.147. The molecule has 0 bridgehead atoms. The lowest BCUT2D eigenvalue weighted by Crippen LogP contribution is -2.46. The number of rotatable bonds is 8. The van der Waals surface area contributed by atoms with Gasteiger partial charge in [-0.3, -0.25) is 4.79 Å². The number of hydrogen-bond acceptors (Lipinski definition) is 7. The Morgan fingerprint density at radius 3 is 2.67 bits per heavy atom. The molecule has 12 heteroatoms. The van der Waals surface area contributed by atoms with Crippen LogP contribution in [0.1, 0.15) is 48.7 Å². The summed E-state index contributed by atoms with van der Waals surface area (Å²) < 4.78 is 56.3. The lowest BCUT2D eigenvalue weighted by molar-refractivity contribution is -0.0688. The molecule has 3 N–H and O–H groups in total. The normalized spacial score (nSPS) is 24.9. The van der Waals surface area contributed by atoms with Crippen LogP contribution in [-0.2, 0) is 0 Å². The standard InChI is InChI=1S/C30H35F4N7O/c1-18(30(32,33)34)27-21-5-4-6-24(38-25-8-10-41(3)16-23(25)31)22(21)11-26(39-27)37-13-19-7-9-29(2,12-19)40-28(42)20-14-35-17-36-15-20/h4-6,11,14-15,17,19,23,25,38H,1,7-10,12-13,16H2,2-3H3,(H,37,39)(H,40,42)/t19?,23?,25?,29-/m0/s1. The number of nitrogens with zero attached hydrogens (tertiary/aromatic N) is 4. The number of amides is 1. The molecule has 0 spiro atoms. The SMILES string of the molecule is C=C(c1nc(NCC2CC[C@](C)(NC(=O)c3cncnc3)C2)cc2c(NC3CCN(C)CC3F)cccc12)C(F)(F)F. The molecule has 3 aromatic rings. The highest BCUT2D eigenvalue weighted by Gasteiger charge is 2.37. The van der Waals surface area contributed by atoms with Crippen molar-refractivity contribution in [2.24, 2.45) is 5.92 Å². The number of alkyl halides is 4. The van der Waals surface area contributed by atoms with Crippen molar-refractivity contribution in [2.45, 2.75) is 56.5 Å². The summed E-state index contributed by atoms with van der Waals surface area (Å²) in [5.74, 6) is 0.170. The van der Waals surface area contributed by atoms with Gasteiger partial charge in [-0.25, -0.2) is 19.3 Å². The first-order valence-corrected chi connectivity index (χ1v) is 14.0. The quantitative estimate of drug-likeness (QED) is 0.303. The third-order valence-electron chi connectivity index (χ3n) is 8.24. The lowest BCUT2D eigenvalue weighted by atomic mass is 9.97. The average molecular weight is 586 g/mol. The number of pyridine rings is 1. The molecule has 3 heterocycles. The summed E-state index contributed by atoms with van der Waals surface area (Å²) >= 11 is 0. The molecule has 1 aliphatic heterocycles. The molecule has 1 aliphatic carbocycles. The average Bonchev–Trinajstić information content (AvgIpc) is 3.33. The maximum atomic E-state index is 14.8. The molecule has 42 heavy (non-hydrogen) atoms. The number of carbonyl (C=O) groups excluding carboxylic acids is 1. The van der Waals surface area contributed by atoms with Gasteiger partial charge in [-0.05, 0) is 57.7 Å². The van der Waals surface area contributed by atoms with Crippen molar-refractivity contribution >= 4 is 33.8 Å². The molecule has 1 amide bonds. The second kappa shape index (κ2) is 11.8. The van der Waals surface area contributed by atoms with Crippen LogP contribution in [0.2, 0.25) is 0 Å². The molecule has 1 saturated heterocycles. The van der Waals surface area contributed by atoms with Gasteiger partial charge in [0.05, 0.1) is 22.9 Å². The smallest absolute Gasteiger partial charge is 0.379 e. The van der Waals surface area contributed by atoms with E-state index in [4.69, 9.17) is 0 Å². The molecule has 2 aliphatic rings. The Labute approximate surface area is 242 Å². The van der Waals surface area contributed by atoms with Crippen LogP contribution >= 0.6 is 0 Å². The first-order valence-electron chi connectivity index (χ1n) is 14.0. The second-order valence-electron chi connectivity index (χ2n) is 11.7. The van der Waals surface area contributed by atoms with Gasteiger partial charge in [0.2, 0.25) is 0 Å². The summed E-state index contributed by atoms with van der Waals surface area (Å²) in [6.45, 7) is 6.74. The summed E-state index contributed by atoms with van der Waals surface area (Å²) in [5.41, 5.74) is -0.828. The first kappa shape index (κ1) is 29.7. The zero-order valence-corrected chi connectivity index (χ0v) is 23.6. The highest BCUT2D eigenvalue weighted by Crippen LogP contribution is 2.39. The van der Waals surface area contributed by atoms with Gasteiger partial charge in [0.25, 0.3) is 5.91 Å². The molecule has 0 radical (unpaired) electrons. The Hall–Kier alpha value is -3.80. The van der Waals surface area contributed by atoms with Gasteiger partial charge in [-0.1, -0.05) is 18.7 Å². The van der Waals surface area contributed by atoms with Crippen molar-refractivity contribution in [3.8, 4) is 0 Å².